The van der Waals surface area contributed by atoms with E-state index >= 15 is 0 Å². The van der Waals surface area contributed by atoms with Crippen molar-refractivity contribution >= 4 is 45.7 Å². The van der Waals surface area contributed by atoms with E-state index in [0.717, 1.165) is 38.6 Å². The van der Waals surface area contributed by atoms with E-state index in [-0.39, 0.29) is 18.3 Å². The highest BCUT2D eigenvalue weighted by atomic mass is 35.5. The number of aryl methyl sites for hydroxylation is 4. The van der Waals surface area contributed by atoms with E-state index in [1.54, 1.807) is 6.20 Å². The zero-order valence-electron chi connectivity index (χ0n) is 34.7. The molecular formula is C52H50BClN2O2. The molecule has 9 rings (SSSR count). The SMILES string of the molecule is Cc1ccc2cc(-c3cc(-c4ccccc4)ncc3C)ccc2c1.Cc1ccc2cc(B3OC(C)(C)C(C)(C)O3)ccc2c1.Cc1cnc(-c2ccccc2)cc1Cl. The van der Waals surface area contributed by atoms with Crippen LogP contribution in [0.15, 0.2) is 158 Å². The van der Waals surface area contributed by atoms with E-state index in [0.29, 0.717) is 0 Å². The van der Waals surface area contributed by atoms with Crippen LogP contribution in [0.3, 0.4) is 0 Å². The highest BCUT2D eigenvalue weighted by Crippen LogP contribution is 2.37. The number of benzene rings is 6. The molecule has 0 spiro atoms. The number of nitrogens with zero attached hydrogens (tertiary/aromatic N) is 2. The first kappa shape index (κ1) is 40.6. The first-order valence-electron chi connectivity index (χ1n) is 19.8. The Hall–Kier alpha value is -5.59. The maximum atomic E-state index is 6.10. The minimum atomic E-state index is -0.292. The summed E-state index contributed by atoms with van der Waals surface area (Å²) in [6.07, 6.45) is 3.77. The molecule has 1 aliphatic heterocycles. The van der Waals surface area contributed by atoms with Gasteiger partial charge in [-0.2, -0.15) is 0 Å². The number of halogens is 1. The molecule has 2 aromatic heterocycles. The van der Waals surface area contributed by atoms with Crippen molar-refractivity contribution in [1.82, 2.24) is 9.97 Å². The topological polar surface area (TPSA) is 44.2 Å². The molecular weight excluding hydrogens is 731 g/mol. The van der Waals surface area contributed by atoms with Gasteiger partial charge in [-0.05, 0) is 123 Å². The summed E-state index contributed by atoms with van der Waals surface area (Å²) >= 11 is 6.02. The van der Waals surface area contributed by atoms with E-state index in [2.05, 4.69) is 162 Å². The second kappa shape index (κ2) is 17.1. The smallest absolute Gasteiger partial charge is 0.399 e. The average Bonchev–Trinajstić information content (AvgIpc) is 3.45. The van der Waals surface area contributed by atoms with E-state index in [1.807, 2.05) is 55.6 Å². The summed E-state index contributed by atoms with van der Waals surface area (Å²) in [5.41, 5.74) is 11.9. The van der Waals surface area contributed by atoms with Crippen LogP contribution in [0.1, 0.15) is 49.9 Å². The fourth-order valence-corrected chi connectivity index (χ4v) is 7.06. The van der Waals surface area contributed by atoms with Crippen molar-refractivity contribution < 1.29 is 9.31 Å². The highest BCUT2D eigenvalue weighted by Gasteiger charge is 2.51. The minimum Gasteiger partial charge on any atom is -0.399 e. The second-order valence-corrected chi connectivity index (χ2v) is 16.6. The zero-order valence-corrected chi connectivity index (χ0v) is 35.4. The van der Waals surface area contributed by atoms with Gasteiger partial charge < -0.3 is 9.31 Å². The molecule has 6 heteroatoms. The third kappa shape index (κ3) is 9.24. The Bertz CT molecular complexity index is 2680. The fraction of sp³-hybridized carbons (Fsp3) is 0.192. The summed E-state index contributed by atoms with van der Waals surface area (Å²) in [7, 11) is -0.286. The molecule has 0 aliphatic carbocycles. The van der Waals surface area contributed by atoms with Gasteiger partial charge in [0.25, 0.3) is 0 Å². The van der Waals surface area contributed by atoms with Gasteiger partial charge in [0.1, 0.15) is 0 Å². The van der Waals surface area contributed by atoms with Gasteiger partial charge >= 0.3 is 7.12 Å². The number of aromatic nitrogens is 2. The van der Waals surface area contributed by atoms with Crippen molar-refractivity contribution in [2.75, 3.05) is 0 Å². The van der Waals surface area contributed by atoms with Crippen molar-refractivity contribution in [1.29, 1.82) is 0 Å². The molecule has 1 fully saturated rings. The summed E-state index contributed by atoms with van der Waals surface area (Å²) in [4.78, 5) is 8.93. The van der Waals surface area contributed by atoms with Crippen LogP contribution >= 0.6 is 11.6 Å². The van der Waals surface area contributed by atoms with Crippen LogP contribution < -0.4 is 5.46 Å². The Kier molecular flexibility index (Phi) is 12.0. The fourth-order valence-electron chi connectivity index (χ4n) is 6.91. The van der Waals surface area contributed by atoms with Crippen molar-refractivity contribution in [3.8, 4) is 33.6 Å². The number of fused-ring (bicyclic) bond motifs is 2. The van der Waals surface area contributed by atoms with Gasteiger partial charge in [-0.15, -0.1) is 0 Å². The number of rotatable bonds is 4. The van der Waals surface area contributed by atoms with E-state index in [4.69, 9.17) is 20.9 Å². The molecule has 58 heavy (non-hydrogen) atoms. The van der Waals surface area contributed by atoms with Crippen LogP contribution in [0, 0.1) is 27.7 Å². The third-order valence-electron chi connectivity index (χ3n) is 11.1. The molecule has 0 unspecified atom stereocenters. The molecule has 0 amide bonds. The van der Waals surface area contributed by atoms with Gasteiger partial charge in [-0.3, -0.25) is 9.97 Å². The van der Waals surface area contributed by atoms with Crippen LogP contribution in [-0.2, 0) is 9.31 Å². The molecule has 8 aromatic rings. The molecule has 0 atom stereocenters. The summed E-state index contributed by atoms with van der Waals surface area (Å²) in [6.45, 7) is 16.6. The standard InChI is InChI=1S/C23H19N.C17H21BO2.C12H10ClN/c1-16-8-9-20-13-21(11-10-19(20)12-16)22-14-23(24-15-17(22)2)18-6-4-3-5-7-18;1-12-6-7-14-11-15(9-8-13(14)10-12)18-19-16(2,3)17(4,5)20-18;1-9-8-14-12(7-11(9)13)10-5-3-2-4-6-10/h3-15H,1-2H3;6-11H,1-5H3;2-8H,1H3. The lowest BCUT2D eigenvalue weighted by Gasteiger charge is -2.32. The van der Waals surface area contributed by atoms with Gasteiger partial charge in [-0.25, -0.2) is 0 Å². The predicted molar refractivity (Wildman–Crippen MR) is 246 cm³/mol. The molecule has 1 saturated heterocycles. The molecule has 3 heterocycles. The largest absolute Gasteiger partial charge is 0.494 e. The van der Waals surface area contributed by atoms with Crippen molar-refractivity contribution in [2.45, 2.75) is 66.6 Å². The van der Waals surface area contributed by atoms with Gasteiger partial charge in [0.05, 0.1) is 22.6 Å². The van der Waals surface area contributed by atoms with E-state index in [1.165, 1.54) is 49.4 Å². The van der Waals surface area contributed by atoms with Crippen LogP contribution in [-0.4, -0.2) is 28.3 Å². The molecule has 4 nitrogen and oxygen atoms in total. The maximum Gasteiger partial charge on any atom is 0.494 e. The van der Waals surface area contributed by atoms with Gasteiger partial charge in [0.15, 0.2) is 0 Å². The van der Waals surface area contributed by atoms with Crippen molar-refractivity contribution in [3.63, 3.8) is 0 Å². The Morgan fingerprint density at radius 1 is 0.466 bits per heavy atom. The van der Waals surface area contributed by atoms with Gasteiger partial charge in [-0.1, -0.05) is 150 Å². The Labute approximate surface area is 349 Å². The number of hydrogen-bond acceptors (Lipinski definition) is 4. The third-order valence-corrected chi connectivity index (χ3v) is 11.5. The number of hydrogen-bond donors (Lipinski definition) is 0. The predicted octanol–water partition coefficient (Wildman–Crippen LogP) is 13.3. The molecule has 6 aromatic carbocycles. The summed E-state index contributed by atoms with van der Waals surface area (Å²) in [5, 5.41) is 5.80. The molecule has 0 radical (unpaired) electrons. The van der Waals surface area contributed by atoms with Gasteiger partial charge in [0, 0.05) is 28.5 Å². The minimum absolute atomic E-state index is 0.286. The summed E-state index contributed by atoms with van der Waals surface area (Å²) < 4.78 is 12.2. The maximum absolute atomic E-state index is 6.10. The second-order valence-electron chi connectivity index (χ2n) is 16.2. The quantitative estimate of drug-likeness (QED) is 0.167. The van der Waals surface area contributed by atoms with Crippen LogP contribution in [0.5, 0.6) is 0 Å². The van der Waals surface area contributed by atoms with E-state index < -0.39 is 0 Å². The monoisotopic (exact) mass is 780 g/mol. The lowest BCUT2D eigenvalue weighted by atomic mass is 9.78. The van der Waals surface area contributed by atoms with Crippen LogP contribution in [0.2, 0.25) is 5.02 Å². The Morgan fingerprint density at radius 2 is 0.931 bits per heavy atom. The van der Waals surface area contributed by atoms with Crippen molar-refractivity contribution in [2.24, 2.45) is 0 Å². The lowest BCUT2D eigenvalue weighted by molar-refractivity contribution is 0.00578. The highest BCUT2D eigenvalue weighted by molar-refractivity contribution is 6.62. The summed E-state index contributed by atoms with van der Waals surface area (Å²) in [5.74, 6) is 0. The molecule has 290 valence electrons. The van der Waals surface area contributed by atoms with Crippen LogP contribution in [0.4, 0.5) is 0 Å². The Morgan fingerprint density at radius 3 is 1.48 bits per heavy atom. The molecule has 0 saturated carbocycles. The summed E-state index contributed by atoms with van der Waals surface area (Å²) in [6, 6.07) is 50.6. The average molecular weight is 781 g/mol. The normalized spacial score (nSPS) is 14.1. The number of pyridine rings is 2. The molecule has 0 bridgehead atoms. The first-order chi connectivity index (χ1) is 27.8. The van der Waals surface area contributed by atoms with Gasteiger partial charge in [0.2, 0.25) is 0 Å². The van der Waals surface area contributed by atoms with E-state index in [9.17, 15) is 0 Å². The lowest BCUT2D eigenvalue weighted by Crippen LogP contribution is -2.41. The molecule has 1 aliphatic rings. The van der Waals surface area contributed by atoms with Crippen molar-refractivity contribution in [3.05, 3.63) is 185 Å². The zero-order chi connectivity index (χ0) is 41.0. The molecule has 0 N–H and O–H groups in total. The Balaban J connectivity index is 0.000000137. The van der Waals surface area contributed by atoms with Crippen LogP contribution in [0.25, 0.3) is 55.2 Å². The first-order valence-corrected chi connectivity index (χ1v) is 20.2.